The normalized spacial score (nSPS) is 21.8. The summed E-state index contributed by atoms with van der Waals surface area (Å²) in [5.41, 5.74) is 1.13. The number of halogens is 2. The first-order valence-corrected chi connectivity index (χ1v) is 11.9. The Morgan fingerprint density at radius 3 is 2.40 bits per heavy atom. The summed E-state index contributed by atoms with van der Waals surface area (Å²) in [6, 6.07) is 4.91. The van der Waals surface area contributed by atoms with Crippen molar-refractivity contribution in [1.82, 2.24) is 13.9 Å². The van der Waals surface area contributed by atoms with Crippen LogP contribution in [0.5, 0.6) is 0 Å². The number of alkyl halides is 2. The topological polar surface area (TPSA) is 75.4 Å². The molecular formula is C21H29F2N3O3S. The van der Waals surface area contributed by atoms with Gasteiger partial charge in [-0.15, -0.1) is 0 Å². The second-order valence-electron chi connectivity index (χ2n) is 9.72. The molecule has 0 bridgehead atoms. The van der Waals surface area contributed by atoms with E-state index >= 15 is 0 Å². The van der Waals surface area contributed by atoms with Gasteiger partial charge in [-0.05, 0) is 37.0 Å². The minimum atomic E-state index is -3.67. The average molecular weight is 442 g/mol. The van der Waals surface area contributed by atoms with Crippen LogP contribution in [0.25, 0.3) is 11.0 Å². The van der Waals surface area contributed by atoms with Crippen molar-refractivity contribution >= 4 is 21.1 Å². The van der Waals surface area contributed by atoms with Gasteiger partial charge in [0.1, 0.15) is 5.82 Å². The van der Waals surface area contributed by atoms with Gasteiger partial charge in [0.25, 0.3) is 0 Å². The van der Waals surface area contributed by atoms with E-state index in [-0.39, 0.29) is 42.2 Å². The highest BCUT2D eigenvalue weighted by Crippen LogP contribution is 2.38. The molecule has 1 N–H and O–H groups in total. The predicted molar refractivity (Wildman–Crippen MR) is 110 cm³/mol. The first-order valence-electron chi connectivity index (χ1n) is 10.4. The second-order valence-corrected chi connectivity index (χ2v) is 11.7. The lowest BCUT2D eigenvalue weighted by Gasteiger charge is -2.34. The van der Waals surface area contributed by atoms with Gasteiger partial charge in [0.2, 0.25) is 15.9 Å². The fourth-order valence-electron chi connectivity index (χ4n) is 4.33. The van der Waals surface area contributed by atoms with Gasteiger partial charge in [-0.25, -0.2) is 22.2 Å². The molecule has 166 valence electrons. The van der Waals surface area contributed by atoms with Gasteiger partial charge in [0, 0.05) is 37.9 Å². The molecule has 6 nitrogen and oxygen atoms in total. The molecule has 2 heterocycles. The third-order valence-corrected chi connectivity index (χ3v) is 7.96. The Labute approximate surface area is 175 Å². The molecule has 1 saturated carbocycles. The van der Waals surface area contributed by atoms with E-state index in [0.29, 0.717) is 24.9 Å². The van der Waals surface area contributed by atoms with Gasteiger partial charge in [-0.2, -0.15) is 4.31 Å². The van der Waals surface area contributed by atoms with Crippen LogP contribution in [0.1, 0.15) is 52.3 Å². The van der Waals surface area contributed by atoms with Gasteiger partial charge < -0.3 is 9.67 Å². The van der Waals surface area contributed by atoms with Crippen molar-refractivity contribution in [3.8, 4) is 0 Å². The molecule has 1 aromatic carbocycles. The quantitative estimate of drug-likeness (QED) is 0.788. The van der Waals surface area contributed by atoms with Crippen LogP contribution in [0.4, 0.5) is 8.78 Å². The summed E-state index contributed by atoms with van der Waals surface area (Å²) in [6.07, 6.45) is 0.163. The number of hydrogen-bond donors (Lipinski definition) is 1. The third-order valence-electron chi connectivity index (χ3n) is 6.13. The van der Waals surface area contributed by atoms with Crippen LogP contribution < -0.4 is 0 Å². The highest BCUT2D eigenvalue weighted by molar-refractivity contribution is 7.89. The number of β-amino-alcohol motifs (C(OH)–C–C–N with tert-alkyl or cyclic N) is 1. The Morgan fingerprint density at radius 1 is 1.20 bits per heavy atom. The third kappa shape index (κ3) is 3.99. The van der Waals surface area contributed by atoms with Gasteiger partial charge >= 0.3 is 0 Å². The lowest BCUT2D eigenvalue weighted by Crippen LogP contribution is -2.53. The van der Waals surface area contributed by atoms with Crippen molar-refractivity contribution in [2.75, 3.05) is 13.1 Å². The number of benzene rings is 1. The largest absolute Gasteiger partial charge is 0.390 e. The fourth-order valence-corrected chi connectivity index (χ4v) is 5.87. The number of aliphatic hydroxyl groups excluding tert-OH is 1. The zero-order valence-corrected chi connectivity index (χ0v) is 18.4. The molecule has 0 amide bonds. The van der Waals surface area contributed by atoms with Crippen molar-refractivity contribution in [2.45, 2.75) is 75.3 Å². The van der Waals surface area contributed by atoms with Crippen LogP contribution in [0, 0.1) is 5.92 Å². The fraction of sp³-hybridized carbons (Fsp3) is 0.667. The minimum absolute atomic E-state index is 0.0841. The zero-order chi connectivity index (χ0) is 21.9. The molecule has 1 aliphatic carbocycles. The minimum Gasteiger partial charge on any atom is -0.390 e. The molecule has 0 radical (unpaired) electrons. The number of imidazole rings is 1. The molecule has 4 rings (SSSR count). The molecule has 2 aliphatic rings. The lowest BCUT2D eigenvalue weighted by molar-refractivity contribution is -0.0473. The van der Waals surface area contributed by atoms with E-state index in [0.717, 1.165) is 11.3 Å². The van der Waals surface area contributed by atoms with E-state index in [1.54, 1.807) is 18.2 Å². The summed E-state index contributed by atoms with van der Waals surface area (Å²) in [5.74, 6) is -1.59. The first-order chi connectivity index (χ1) is 13.9. The van der Waals surface area contributed by atoms with Crippen LogP contribution in [0.2, 0.25) is 0 Å². The van der Waals surface area contributed by atoms with Crippen LogP contribution in [-0.4, -0.2) is 52.5 Å². The summed E-state index contributed by atoms with van der Waals surface area (Å²) < 4.78 is 56.0. The van der Waals surface area contributed by atoms with E-state index in [2.05, 4.69) is 4.57 Å². The standard InChI is InChI=1S/C21H29F2N3O3S/c1-20(2,3)19-24-17-10-16(30(28,29)25-12-15(27)13-25)4-5-18(17)26(19)11-14-6-8-21(22,23)9-7-14/h4-5,10,14-15,27H,6-9,11-13H2,1-3H3. The molecule has 0 unspecified atom stereocenters. The lowest BCUT2D eigenvalue weighted by atomic mass is 9.86. The van der Waals surface area contributed by atoms with Crippen molar-refractivity contribution in [3.63, 3.8) is 0 Å². The van der Waals surface area contributed by atoms with Crippen molar-refractivity contribution in [1.29, 1.82) is 0 Å². The van der Waals surface area contributed by atoms with Crippen molar-refractivity contribution < 1.29 is 22.3 Å². The summed E-state index contributed by atoms with van der Waals surface area (Å²) >= 11 is 0. The smallest absolute Gasteiger partial charge is 0.248 e. The van der Waals surface area contributed by atoms with Crippen LogP contribution in [-0.2, 0) is 22.0 Å². The van der Waals surface area contributed by atoms with E-state index in [1.807, 2.05) is 20.8 Å². The Bertz CT molecular complexity index is 1040. The number of aromatic nitrogens is 2. The second kappa shape index (κ2) is 7.24. The Hall–Kier alpha value is -1.58. The van der Waals surface area contributed by atoms with Gasteiger partial charge in [-0.3, -0.25) is 0 Å². The van der Waals surface area contributed by atoms with Gasteiger partial charge in [0.15, 0.2) is 0 Å². The average Bonchev–Trinajstić information content (AvgIpc) is 2.99. The first kappa shape index (κ1) is 21.6. The molecule has 0 spiro atoms. The number of hydrogen-bond acceptors (Lipinski definition) is 4. The van der Waals surface area contributed by atoms with Crippen molar-refractivity contribution in [2.24, 2.45) is 5.92 Å². The highest BCUT2D eigenvalue weighted by Gasteiger charge is 2.37. The van der Waals surface area contributed by atoms with Gasteiger partial charge in [-0.1, -0.05) is 20.8 Å². The Kier molecular flexibility index (Phi) is 5.22. The molecular weight excluding hydrogens is 412 g/mol. The number of fused-ring (bicyclic) bond motifs is 1. The maximum Gasteiger partial charge on any atom is 0.248 e. The van der Waals surface area contributed by atoms with Crippen molar-refractivity contribution in [3.05, 3.63) is 24.0 Å². The number of sulfonamides is 1. The maximum atomic E-state index is 13.6. The summed E-state index contributed by atoms with van der Waals surface area (Å²) in [4.78, 5) is 4.91. The SMILES string of the molecule is CC(C)(C)c1nc2cc(S(=O)(=O)N3CC(O)C3)ccc2n1CC1CCC(F)(F)CC1. The molecule has 30 heavy (non-hydrogen) atoms. The summed E-state index contributed by atoms with van der Waals surface area (Å²) in [6.45, 7) is 6.93. The zero-order valence-electron chi connectivity index (χ0n) is 17.6. The Balaban J connectivity index is 1.69. The molecule has 0 atom stereocenters. The molecule has 1 saturated heterocycles. The van der Waals surface area contributed by atoms with Crippen LogP contribution in [0.15, 0.2) is 23.1 Å². The number of rotatable bonds is 4. The van der Waals surface area contributed by atoms with E-state index < -0.39 is 22.0 Å². The molecule has 1 aliphatic heterocycles. The van der Waals surface area contributed by atoms with E-state index in [4.69, 9.17) is 4.98 Å². The van der Waals surface area contributed by atoms with E-state index in [9.17, 15) is 22.3 Å². The van der Waals surface area contributed by atoms with Gasteiger partial charge in [0.05, 0.1) is 22.0 Å². The van der Waals surface area contributed by atoms with Crippen LogP contribution >= 0.6 is 0 Å². The number of aliphatic hydroxyl groups is 1. The molecule has 1 aromatic heterocycles. The van der Waals surface area contributed by atoms with Crippen LogP contribution in [0.3, 0.4) is 0 Å². The number of nitrogens with zero attached hydrogens (tertiary/aromatic N) is 3. The summed E-state index contributed by atoms with van der Waals surface area (Å²) in [5, 5.41) is 9.45. The highest BCUT2D eigenvalue weighted by atomic mass is 32.2. The summed E-state index contributed by atoms with van der Waals surface area (Å²) in [7, 11) is -3.67. The molecule has 2 aromatic rings. The molecule has 9 heteroatoms. The Morgan fingerprint density at radius 2 is 1.83 bits per heavy atom. The van der Waals surface area contributed by atoms with E-state index in [1.165, 1.54) is 4.31 Å². The monoisotopic (exact) mass is 441 g/mol. The molecule has 2 fully saturated rings. The predicted octanol–water partition coefficient (Wildman–Crippen LogP) is 3.52. The maximum absolute atomic E-state index is 13.6.